The number of amides is 1. The van der Waals surface area contributed by atoms with Crippen molar-refractivity contribution in [2.45, 2.75) is 33.6 Å². The van der Waals surface area contributed by atoms with Crippen molar-refractivity contribution in [1.29, 1.82) is 0 Å². The van der Waals surface area contributed by atoms with Crippen LogP contribution in [0.4, 0.5) is 0 Å². The number of ether oxygens (including phenoxy) is 1. The van der Waals surface area contributed by atoms with Crippen LogP contribution in [-0.4, -0.2) is 55.0 Å². The fraction of sp³-hybridized carbons (Fsp3) is 0.647. The minimum atomic E-state index is -0.419. The van der Waals surface area contributed by atoms with Crippen LogP contribution in [0.15, 0.2) is 0 Å². The molecule has 2 heterocycles. The number of methoxy groups -OCH3 is 1. The molecule has 0 aromatic carbocycles. The maximum Gasteiger partial charge on any atom is 0.339 e. The molecule has 1 unspecified atom stereocenters. The number of aromatic nitrogens is 1. The summed E-state index contributed by atoms with van der Waals surface area (Å²) in [5, 5.41) is 2.96. The second-order valence-corrected chi connectivity index (χ2v) is 6.44. The number of carbonyl (C=O) groups excluding carboxylic acids is 2. The summed E-state index contributed by atoms with van der Waals surface area (Å²) in [7, 11) is 1.34. The molecule has 0 aliphatic carbocycles. The third kappa shape index (κ3) is 4.13. The van der Waals surface area contributed by atoms with Crippen molar-refractivity contribution in [2.24, 2.45) is 5.92 Å². The first-order chi connectivity index (χ1) is 10.9. The highest BCUT2D eigenvalue weighted by molar-refractivity contribution is 6.00. The Balaban J connectivity index is 1.94. The third-order valence-corrected chi connectivity index (χ3v) is 4.43. The molecule has 0 saturated carbocycles. The Morgan fingerprint density at radius 3 is 2.57 bits per heavy atom. The number of hydrogen-bond acceptors (Lipinski definition) is 4. The summed E-state index contributed by atoms with van der Waals surface area (Å²) in [5.74, 6) is -0.194. The van der Waals surface area contributed by atoms with Crippen LogP contribution in [0.1, 0.15) is 51.9 Å². The van der Waals surface area contributed by atoms with Gasteiger partial charge in [0.2, 0.25) is 0 Å². The zero-order chi connectivity index (χ0) is 17.0. The van der Waals surface area contributed by atoms with E-state index in [9.17, 15) is 9.59 Å². The van der Waals surface area contributed by atoms with Crippen LogP contribution in [0.2, 0.25) is 0 Å². The summed E-state index contributed by atoms with van der Waals surface area (Å²) in [5.41, 5.74) is 2.18. The van der Waals surface area contributed by atoms with Gasteiger partial charge in [0.1, 0.15) is 5.69 Å². The van der Waals surface area contributed by atoms with Gasteiger partial charge in [-0.3, -0.25) is 4.79 Å². The molecule has 2 rings (SSSR count). The van der Waals surface area contributed by atoms with Gasteiger partial charge in [0, 0.05) is 18.8 Å². The predicted molar refractivity (Wildman–Crippen MR) is 88.8 cm³/mol. The number of hydrogen-bond donors (Lipinski definition) is 2. The Morgan fingerprint density at radius 1 is 1.30 bits per heavy atom. The summed E-state index contributed by atoms with van der Waals surface area (Å²) in [6.45, 7) is 9.64. The van der Waals surface area contributed by atoms with Crippen molar-refractivity contribution >= 4 is 11.9 Å². The van der Waals surface area contributed by atoms with Crippen LogP contribution in [0.5, 0.6) is 0 Å². The quantitative estimate of drug-likeness (QED) is 0.785. The second kappa shape index (κ2) is 7.64. The van der Waals surface area contributed by atoms with Crippen LogP contribution < -0.4 is 5.32 Å². The summed E-state index contributed by atoms with van der Waals surface area (Å²) in [6.07, 6.45) is 2.55. The molecule has 1 aromatic heterocycles. The molecule has 6 nitrogen and oxygen atoms in total. The molecule has 0 spiro atoms. The summed E-state index contributed by atoms with van der Waals surface area (Å²) >= 11 is 0. The molecule has 1 fully saturated rings. The average Bonchev–Trinajstić information content (AvgIpc) is 3.12. The van der Waals surface area contributed by atoms with E-state index in [0.717, 1.165) is 19.6 Å². The molecule has 6 heteroatoms. The third-order valence-electron chi connectivity index (χ3n) is 4.43. The first kappa shape index (κ1) is 17.5. The first-order valence-corrected chi connectivity index (χ1v) is 8.22. The first-order valence-electron chi connectivity index (χ1n) is 8.22. The van der Waals surface area contributed by atoms with E-state index in [4.69, 9.17) is 4.74 Å². The van der Waals surface area contributed by atoms with Gasteiger partial charge in [-0.2, -0.15) is 0 Å². The zero-order valence-electron chi connectivity index (χ0n) is 14.5. The van der Waals surface area contributed by atoms with E-state index in [0.29, 0.717) is 35.0 Å². The van der Waals surface area contributed by atoms with Crippen LogP contribution >= 0.6 is 0 Å². The lowest BCUT2D eigenvalue weighted by Crippen LogP contribution is -2.34. The van der Waals surface area contributed by atoms with Crippen molar-refractivity contribution in [2.75, 3.05) is 33.3 Å². The van der Waals surface area contributed by atoms with Crippen molar-refractivity contribution < 1.29 is 14.3 Å². The molecule has 128 valence electrons. The molecular weight excluding hydrogens is 294 g/mol. The minimum absolute atomic E-state index is 0.172. The lowest BCUT2D eigenvalue weighted by Gasteiger charge is -2.20. The molecular formula is C17H27N3O3. The lowest BCUT2D eigenvalue weighted by molar-refractivity contribution is 0.0599. The predicted octanol–water partition coefficient (Wildman–Crippen LogP) is 1.88. The highest BCUT2D eigenvalue weighted by atomic mass is 16.5. The fourth-order valence-corrected chi connectivity index (χ4v) is 3.21. The molecule has 0 radical (unpaired) electrons. The number of carbonyl (C=O) groups is 2. The van der Waals surface area contributed by atoms with E-state index in [1.165, 1.54) is 20.0 Å². The fourth-order valence-electron chi connectivity index (χ4n) is 3.21. The van der Waals surface area contributed by atoms with Crippen molar-refractivity contribution in [3.63, 3.8) is 0 Å². The van der Waals surface area contributed by atoms with Crippen molar-refractivity contribution in [3.8, 4) is 0 Å². The molecule has 1 saturated heterocycles. The van der Waals surface area contributed by atoms with Crippen molar-refractivity contribution in [1.82, 2.24) is 15.2 Å². The number of aromatic amines is 1. The molecule has 2 N–H and O–H groups in total. The van der Waals surface area contributed by atoms with Gasteiger partial charge < -0.3 is 19.9 Å². The number of likely N-dealkylation sites (tertiary alicyclic amines) is 1. The molecule has 23 heavy (non-hydrogen) atoms. The van der Waals surface area contributed by atoms with Crippen LogP contribution in [-0.2, 0) is 4.74 Å². The van der Waals surface area contributed by atoms with Crippen molar-refractivity contribution in [3.05, 3.63) is 22.5 Å². The monoisotopic (exact) mass is 321 g/mol. The van der Waals surface area contributed by atoms with Gasteiger partial charge in [-0.1, -0.05) is 6.92 Å². The summed E-state index contributed by atoms with van der Waals surface area (Å²) in [4.78, 5) is 29.6. The number of aryl methyl sites for hydroxylation is 1. The normalized spacial score (nSPS) is 16.3. The van der Waals surface area contributed by atoms with Gasteiger partial charge in [0.25, 0.3) is 5.91 Å². The van der Waals surface area contributed by atoms with Gasteiger partial charge in [-0.05, 0) is 51.3 Å². The van der Waals surface area contributed by atoms with Gasteiger partial charge in [0.05, 0.1) is 12.7 Å². The molecule has 0 bridgehead atoms. The molecule has 1 aliphatic rings. The number of esters is 1. The number of H-pyrrole nitrogens is 1. The Morgan fingerprint density at radius 2 is 1.96 bits per heavy atom. The van der Waals surface area contributed by atoms with Crippen LogP contribution in [0, 0.1) is 19.8 Å². The van der Waals surface area contributed by atoms with Gasteiger partial charge >= 0.3 is 5.97 Å². The SMILES string of the molecule is COC(=O)c1c(C)[nH]c(C(=O)NCC(C)CN2CCCC2)c1C. The van der Waals surface area contributed by atoms with E-state index in [2.05, 4.69) is 22.1 Å². The highest BCUT2D eigenvalue weighted by Gasteiger charge is 2.23. The molecule has 1 amide bonds. The van der Waals surface area contributed by atoms with E-state index >= 15 is 0 Å². The number of rotatable bonds is 6. The summed E-state index contributed by atoms with van der Waals surface area (Å²) in [6, 6.07) is 0. The van der Waals surface area contributed by atoms with E-state index in [-0.39, 0.29) is 5.91 Å². The molecule has 1 aromatic rings. The van der Waals surface area contributed by atoms with Crippen LogP contribution in [0.3, 0.4) is 0 Å². The Bertz CT molecular complexity index is 574. The Hall–Kier alpha value is -1.82. The number of nitrogens with one attached hydrogen (secondary N) is 2. The average molecular weight is 321 g/mol. The lowest BCUT2D eigenvalue weighted by atomic mass is 10.1. The van der Waals surface area contributed by atoms with Crippen LogP contribution in [0.25, 0.3) is 0 Å². The maximum atomic E-state index is 12.4. The summed E-state index contributed by atoms with van der Waals surface area (Å²) < 4.78 is 4.77. The van der Waals surface area contributed by atoms with Gasteiger partial charge in [-0.15, -0.1) is 0 Å². The van der Waals surface area contributed by atoms with E-state index in [1.807, 2.05) is 0 Å². The van der Waals surface area contributed by atoms with E-state index < -0.39 is 5.97 Å². The topological polar surface area (TPSA) is 74.4 Å². The highest BCUT2D eigenvalue weighted by Crippen LogP contribution is 2.19. The Labute approximate surface area is 137 Å². The minimum Gasteiger partial charge on any atom is -0.465 e. The van der Waals surface area contributed by atoms with Gasteiger partial charge in [-0.25, -0.2) is 4.79 Å². The largest absolute Gasteiger partial charge is 0.465 e. The van der Waals surface area contributed by atoms with E-state index in [1.54, 1.807) is 13.8 Å². The smallest absolute Gasteiger partial charge is 0.339 e. The standard InChI is InChI=1S/C17H27N3O3/c1-11(10-20-7-5-6-8-20)9-18-16(21)15-12(2)14(13(3)19-15)17(22)23-4/h11,19H,5-10H2,1-4H3,(H,18,21). The Kier molecular flexibility index (Phi) is 5.82. The number of nitrogens with zero attached hydrogens (tertiary/aromatic N) is 1. The second-order valence-electron chi connectivity index (χ2n) is 6.44. The zero-order valence-corrected chi connectivity index (χ0v) is 14.5. The molecule has 1 atom stereocenters. The molecule has 1 aliphatic heterocycles. The maximum absolute atomic E-state index is 12.4. The van der Waals surface area contributed by atoms with Gasteiger partial charge in [0.15, 0.2) is 0 Å².